The van der Waals surface area contributed by atoms with Gasteiger partial charge in [-0.1, -0.05) is 29.0 Å². The van der Waals surface area contributed by atoms with Gasteiger partial charge in [0.1, 0.15) is 0 Å². The van der Waals surface area contributed by atoms with Crippen molar-refractivity contribution < 1.29 is 4.79 Å². The van der Waals surface area contributed by atoms with E-state index < -0.39 is 0 Å². The van der Waals surface area contributed by atoms with Crippen LogP contribution in [0.1, 0.15) is 18.4 Å². The summed E-state index contributed by atoms with van der Waals surface area (Å²) in [6.45, 7) is 6.88. The standard InChI is InChI=1S/C19H26N6OS2/c1-14-2-4-16(5-3-14)21-18-22-25(19(27)28-18)13-24-10-8-23(9-11-24)12-17(26)20-15-6-7-15/h2-5,15H,6-13H2,1H3,(H,20,26)(H,21,22). The van der Waals surface area contributed by atoms with Crippen molar-refractivity contribution in [3.63, 3.8) is 0 Å². The smallest absolute Gasteiger partial charge is 0.234 e. The monoisotopic (exact) mass is 418 g/mol. The lowest BCUT2D eigenvalue weighted by Crippen LogP contribution is -2.49. The molecule has 150 valence electrons. The fraction of sp³-hybridized carbons (Fsp3) is 0.526. The highest BCUT2D eigenvalue weighted by molar-refractivity contribution is 7.73. The Morgan fingerprint density at radius 3 is 2.54 bits per heavy atom. The zero-order chi connectivity index (χ0) is 19.5. The average Bonchev–Trinajstić information content (AvgIpc) is 3.41. The van der Waals surface area contributed by atoms with Crippen molar-refractivity contribution in [2.45, 2.75) is 32.5 Å². The number of benzene rings is 1. The molecule has 0 radical (unpaired) electrons. The van der Waals surface area contributed by atoms with Gasteiger partial charge in [0, 0.05) is 37.9 Å². The minimum atomic E-state index is 0.157. The number of nitrogens with zero attached hydrogens (tertiary/aromatic N) is 4. The minimum absolute atomic E-state index is 0.157. The third kappa shape index (κ3) is 5.38. The molecular weight excluding hydrogens is 392 g/mol. The first-order chi connectivity index (χ1) is 13.5. The van der Waals surface area contributed by atoms with Crippen LogP contribution in [0.4, 0.5) is 10.8 Å². The van der Waals surface area contributed by atoms with Gasteiger partial charge in [0.25, 0.3) is 0 Å². The van der Waals surface area contributed by atoms with E-state index in [9.17, 15) is 4.79 Å². The Morgan fingerprint density at radius 2 is 1.86 bits per heavy atom. The van der Waals surface area contributed by atoms with Gasteiger partial charge in [-0.05, 0) is 44.1 Å². The largest absolute Gasteiger partial charge is 0.352 e. The number of nitrogens with one attached hydrogen (secondary N) is 2. The molecule has 0 bridgehead atoms. The zero-order valence-electron chi connectivity index (χ0n) is 16.1. The molecule has 1 saturated heterocycles. The summed E-state index contributed by atoms with van der Waals surface area (Å²) in [6, 6.07) is 8.67. The molecule has 1 aliphatic carbocycles. The maximum atomic E-state index is 12.0. The van der Waals surface area contributed by atoms with E-state index in [0.29, 0.717) is 19.3 Å². The molecule has 1 aromatic heterocycles. The number of anilines is 2. The van der Waals surface area contributed by atoms with Crippen LogP contribution in [0.5, 0.6) is 0 Å². The van der Waals surface area contributed by atoms with Crippen LogP contribution in [0.3, 0.4) is 0 Å². The number of aromatic nitrogens is 2. The van der Waals surface area contributed by atoms with Crippen LogP contribution in [0.25, 0.3) is 0 Å². The van der Waals surface area contributed by atoms with Crippen molar-refractivity contribution in [3.8, 4) is 0 Å². The van der Waals surface area contributed by atoms with Gasteiger partial charge in [-0.2, -0.15) is 0 Å². The Bertz CT molecular complexity index is 865. The van der Waals surface area contributed by atoms with E-state index >= 15 is 0 Å². The van der Waals surface area contributed by atoms with Gasteiger partial charge in [-0.25, -0.2) is 4.68 Å². The summed E-state index contributed by atoms with van der Waals surface area (Å²) in [5.74, 6) is 0.157. The first kappa shape index (κ1) is 19.5. The molecule has 0 atom stereocenters. The topological polar surface area (TPSA) is 65.4 Å². The quantitative estimate of drug-likeness (QED) is 0.674. The molecule has 2 N–H and O–H groups in total. The van der Waals surface area contributed by atoms with Crippen molar-refractivity contribution in [1.82, 2.24) is 24.9 Å². The lowest BCUT2D eigenvalue weighted by Gasteiger charge is -2.33. The number of hydrogen-bond acceptors (Lipinski definition) is 7. The first-order valence-electron chi connectivity index (χ1n) is 9.71. The van der Waals surface area contributed by atoms with E-state index in [2.05, 4.69) is 44.6 Å². The number of amides is 1. The third-order valence-electron chi connectivity index (χ3n) is 5.02. The van der Waals surface area contributed by atoms with E-state index in [1.54, 1.807) is 0 Å². The number of hydrogen-bond donors (Lipinski definition) is 2. The second-order valence-electron chi connectivity index (χ2n) is 7.54. The second-order valence-corrected chi connectivity index (χ2v) is 9.16. The normalized spacial score (nSPS) is 18.2. The van der Waals surface area contributed by atoms with Crippen LogP contribution >= 0.6 is 23.6 Å². The van der Waals surface area contributed by atoms with Crippen LogP contribution in [-0.4, -0.2) is 64.3 Å². The number of piperazine rings is 1. The van der Waals surface area contributed by atoms with E-state index in [-0.39, 0.29) is 5.91 Å². The SMILES string of the molecule is Cc1ccc(Nc2nn(CN3CCN(CC(=O)NC4CC4)CC3)c(=S)s2)cc1. The van der Waals surface area contributed by atoms with Crippen LogP contribution in [-0.2, 0) is 11.5 Å². The molecule has 2 aliphatic rings. The lowest BCUT2D eigenvalue weighted by molar-refractivity contribution is -0.122. The minimum Gasteiger partial charge on any atom is -0.352 e. The Balaban J connectivity index is 1.26. The molecule has 0 unspecified atom stereocenters. The van der Waals surface area contributed by atoms with Gasteiger partial charge in [-0.3, -0.25) is 14.6 Å². The van der Waals surface area contributed by atoms with Gasteiger partial charge in [0.15, 0.2) is 3.95 Å². The van der Waals surface area contributed by atoms with E-state index in [4.69, 9.17) is 12.2 Å². The maximum Gasteiger partial charge on any atom is 0.234 e. The number of rotatable bonds is 7. The molecule has 7 nitrogen and oxygen atoms in total. The molecule has 1 saturated carbocycles. The van der Waals surface area contributed by atoms with Crippen LogP contribution in [0, 0.1) is 10.9 Å². The average molecular weight is 419 g/mol. The van der Waals surface area contributed by atoms with Crippen molar-refractivity contribution in [1.29, 1.82) is 0 Å². The zero-order valence-corrected chi connectivity index (χ0v) is 17.7. The van der Waals surface area contributed by atoms with E-state index in [1.807, 2.05) is 16.8 Å². The molecule has 2 heterocycles. The number of aryl methyl sites for hydroxylation is 1. The summed E-state index contributed by atoms with van der Waals surface area (Å²) in [7, 11) is 0. The van der Waals surface area contributed by atoms with Crippen LogP contribution in [0.15, 0.2) is 24.3 Å². The Hall–Kier alpha value is -1.81. The molecule has 4 rings (SSSR count). The highest BCUT2D eigenvalue weighted by Gasteiger charge is 2.25. The Kier molecular flexibility index (Phi) is 6.05. The van der Waals surface area contributed by atoms with Gasteiger partial charge >= 0.3 is 0 Å². The molecule has 28 heavy (non-hydrogen) atoms. The van der Waals surface area contributed by atoms with Crippen molar-refractivity contribution in [2.24, 2.45) is 0 Å². The number of carbonyl (C=O) groups excluding carboxylic acids is 1. The highest BCUT2D eigenvalue weighted by Crippen LogP contribution is 2.21. The fourth-order valence-electron chi connectivity index (χ4n) is 3.19. The van der Waals surface area contributed by atoms with Crippen LogP contribution < -0.4 is 10.6 Å². The van der Waals surface area contributed by atoms with Crippen molar-refractivity contribution in [3.05, 3.63) is 33.8 Å². The predicted octanol–water partition coefficient (Wildman–Crippen LogP) is 2.58. The summed E-state index contributed by atoms with van der Waals surface area (Å²) in [5, 5.41) is 11.8. The Morgan fingerprint density at radius 1 is 1.18 bits per heavy atom. The van der Waals surface area contributed by atoms with Gasteiger partial charge in [-0.15, -0.1) is 5.10 Å². The third-order valence-corrected chi connectivity index (χ3v) is 6.24. The summed E-state index contributed by atoms with van der Waals surface area (Å²) in [4.78, 5) is 16.5. The lowest BCUT2D eigenvalue weighted by atomic mass is 10.2. The number of carbonyl (C=O) groups is 1. The van der Waals surface area contributed by atoms with Gasteiger partial charge < -0.3 is 10.6 Å². The molecule has 2 fully saturated rings. The summed E-state index contributed by atoms with van der Waals surface area (Å²) in [6.07, 6.45) is 2.27. The summed E-state index contributed by atoms with van der Waals surface area (Å²) < 4.78 is 2.65. The molecule has 1 aliphatic heterocycles. The van der Waals surface area contributed by atoms with Crippen LogP contribution in [0.2, 0.25) is 0 Å². The molecule has 1 aromatic carbocycles. The van der Waals surface area contributed by atoms with Gasteiger partial charge in [0.2, 0.25) is 11.0 Å². The predicted molar refractivity (Wildman–Crippen MR) is 115 cm³/mol. The molecule has 0 spiro atoms. The summed E-state index contributed by atoms with van der Waals surface area (Å²) in [5.41, 5.74) is 2.24. The van der Waals surface area contributed by atoms with E-state index in [1.165, 1.54) is 16.9 Å². The molecule has 9 heteroatoms. The highest BCUT2D eigenvalue weighted by atomic mass is 32.1. The van der Waals surface area contributed by atoms with Crippen molar-refractivity contribution >= 4 is 40.3 Å². The summed E-state index contributed by atoms with van der Waals surface area (Å²) >= 11 is 6.98. The molecular formula is C19H26N6OS2. The molecule has 2 aromatic rings. The molecule has 1 amide bonds. The fourth-order valence-corrected chi connectivity index (χ4v) is 4.20. The maximum absolute atomic E-state index is 12.0. The van der Waals surface area contributed by atoms with Crippen molar-refractivity contribution in [2.75, 3.05) is 38.0 Å². The van der Waals surface area contributed by atoms with Gasteiger partial charge in [0.05, 0.1) is 13.2 Å². The first-order valence-corrected chi connectivity index (χ1v) is 10.9. The second kappa shape index (κ2) is 8.69. The Labute approximate surface area is 174 Å². The van der Waals surface area contributed by atoms with E-state index in [0.717, 1.165) is 53.8 Å².